The van der Waals surface area contributed by atoms with Crippen LogP contribution < -0.4 is 4.74 Å². The van der Waals surface area contributed by atoms with Crippen molar-refractivity contribution in [3.8, 4) is 5.75 Å². The maximum Gasteiger partial charge on any atom is 0.168 e. The van der Waals surface area contributed by atoms with Crippen LogP contribution in [-0.4, -0.2) is 6.61 Å². The second-order valence-corrected chi connectivity index (χ2v) is 6.76. The molecular weight excluding hydrogens is 234 g/mol. The fraction of sp³-hybridized carbons (Fsp3) is 0.600. The Balaban J connectivity index is 2.18. The Labute approximate surface area is 106 Å². The van der Waals surface area contributed by atoms with Crippen molar-refractivity contribution >= 4 is 0 Å². The van der Waals surface area contributed by atoms with Gasteiger partial charge in [0.2, 0.25) is 0 Å². The van der Waals surface area contributed by atoms with Crippen molar-refractivity contribution < 1.29 is 13.5 Å². The zero-order valence-electron chi connectivity index (χ0n) is 11.0. The lowest BCUT2D eigenvalue weighted by molar-refractivity contribution is 0.109. The first kappa shape index (κ1) is 11.9. The minimum Gasteiger partial charge on any atom is -0.490 e. The van der Waals surface area contributed by atoms with Crippen LogP contribution in [0.25, 0.3) is 0 Å². The fourth-order valence-electron chi connectivity index (χ4n) is 3.55. The van der Waals surface area contributed by atoms with Crippen LogP contribution in [0.1, 0.15) is 45.1 Å². The standard InChI is InChI=1S/C15H18F2O/c1-14(2,3)13-10-6-9(16)7-11(17)12(10)18-8-15(13)4-5-15/h6-7,13H,4-5,8H2,1-3H3. The van der Waals surface area contributed by atoms with Gasteiger partial charge in [0.25, 0.3) is 0 Å². The van der Waals surface area contributed by atoms with Crippen molar-refractivity contribution in [1.29, 1.82) is 0 Å². The van der Waals surface area contributed by atoms with Crippen molar-refractivity contribution in [2.24, 2.45) is 10.8 Å². The summed E-state index contributed by atoms with van der Waals surface area (Å²) in [5.41, 5.74) is 0.796. The highest BCUT2D eigenvalue weighted by atomic mass is 19.1. The molecule has 1 atom stereocenters. The highest BCUT2D eigenvalue weighted by Crippen LogP contribution is 2.65. The topological polar surface area (TPSA) is 9.23 Å². The summed E-state index contributed by atoms with van der Waals surface area (Å²) >= 11 is 0. The van der Waals surface area contributed by atoms with Crippen molar-refractivity contribution in [1.82, 2.24) is 0 Å². The second kappa shape index (κ2) is 3.46. The van der Waals surface area contributed by atoms with Crippen LogP contribution in [0, 0.1) is 22.5 Å². The molecule has 18 heavy (non-hydrogen) atoms. The fourth-order valence-corrected chi connectivity index (χ4v) is 3.55. The average molecular weight is 252 g/mol. The number of hydrogen-bond donors (Lipinski definition) is 0. The number of ether oxygens (including phenoxy) is 1. The highest BCUT2D eigenvalue weighted by Gasteiger charge is 2.57. The molecule has 3 rings (SSSR count). The normalized spacial score (nSPS) is 24.6. The van der Waals surface area contributed by atoms with Gasteiger partial charge in [0, 0.05) is 23.0 Å². The predicted molar refractivity (Wildman–Crippen MR) is 65.7 cm³/mol. The van der Waals surface area contributed by atoms with Crippen LogP contribution in [-0.2, 0) is 0 Å². The first-order valence-corrected chi connectivity index (χ1v) is 6.45. The van der Waals surface area contributed by atoms with E-state index in [0.29, 0.717) is 12.2 Å². The first-order chi connectivity index (χ1) is 8.33. The van der Waals surface area contributed by atoms with E-state index in [2.05, 4.69) is 20.8 Å². The molecule has 3 heteroatoms. The first-order valence-electron chi connectivity index (χ1n) is 6.45. The summed E-state index contributed by atoms with van der Waals surface area (Å²) in [6.07, 6.45) is 2.18. The summed E-state index contributed by atoms with van der Waals surface area (Å²) in [5, 5.41) is 0. The molecule has 0 aromatic heterocycles. The monoisotopic (exact) mass is 252 g/mol. The van der Waals surface area contributed by atoms with Gasteiger partial charge in [-0.1, -0.05) is 20.8 Å². The lowest BCUT2D eigenvalue weighted by Gasteiger charge is -2.42. The van der Waals surface area contributed by atoms with E-state index >= 15 is 0 Å². The molecule has 2 aliphatic rings. The maximum absolute atomic E-state index is 13.8. The molecule has 1 heterocycles. The van der Waals surface area contributed by atoms with Crippen LogP contribution >= 0.6 is 0 Å². The van der Waals surface area contributed by atoms with E-state index in [1.807, 2.05) is 0 Å². The molecule has 0 amide bonds. The summed E-state index contributed by atoms with van der Waals surface area (Å²) in [6, 6.07) is 2.36. The van der Waals surface area contributed by atoms with Gasteiger partial charge in [-0.25, -0.2) is 8.78 Å². The Morgan fingerprint density at radius 2 is 1.89 bits per heavy atom. The Morgan fingerprint density at radius 3 is 2.44 bits per heavy atom. The smallest absolute Gasteiger partial charge is 0.168 e. The molecule has 98 valence electrons. The zero-order valence-corrected chi connectivity index (χ0v) is 11.0. The lowest BCUT2D eigenvalue weighted by Crippen LogP contribution is -2.36. The molecule has 0 N–H and O–H groups in total. The molecule has 1 aromatic carbocycles. The van der Waals surface area contributed by atoms with Gasteiger partial charge in [-0.15, -0.1) is 0 Å². The minimum atomic E-state index is -0.574. The molecule has 0 radical (unpaired) electrons. The van der Waals surface area contributed by atoms with Crippen LogP contribution in [0.4, 0.5) is 8.78 Å². The average Bonchev–Trinajstić information content (AvgIpc) is 2.94. The summed E-state index contributed by atoms with van der Waals surface area (Å²) in [7, 11) is 0. The van der Waals surface area contributed by atoms with Crippen LogP contribution in [0.2, 0.25) is 0 Å². The van der Waals surface area contributed by atoms with Gasteiger partial charge in [-0.05, 0) is 24.3 Å². The van der Waals surface area contributed by atoms with E-state index in [0.717, 1.165) is 18.9 Å². The highest BCUT2D eigenvalue weighted by molar-refractivity contribution is 5.43. The van der Waals surface area contributed by atoms with Gasteiger partial charge >= 0.3 is 0 Å². The summed E-state index contributed by atoms with van der Waals surface area (Å²) in [6.45, 7) is 6.96. The second-order valence-electron chi connectivity index (χ2n) is 6.76. The molecule has 1 fully saturated rings. The molecule has 1 aliphatic heterocycles. The molecule has 1 aromatic rings. The van der Waals surface area contributed by atoms with E-state index in [-0.39, 0.29) is 22.5 Å². The third kappa shape index (κ3) is 1.63. The van der Waals surface area contributed by atoms with Gasteiger partial charge in [-0.3, -0.25) is 0 Å². The minimum absolute atomic E-state index is 0.0186. The Morgan fingerprint density at radius 1 is 1.22 bits per heavy atom. The summed E-state index contributed by atoms with van der Waals surface area (Å²) < 4.78 is 32.9. The third-order valence-electron chi connectivity index (χ3n) is 4.22. The van der Waals surface area contributed by atoms with E-state index in [9.17, 15) is 8.78 Å². The predicted octanol–water partition coefficient (Wildman–Crippen LogP) is 4.27. The molecule has 1 spiro atoms. The summed E-state index contributed by atoms with van der Waals surface area (Å²) in [4.78, 5) is 0. The molecule has 1 saturated carbocycles. The molecule has 1 aliphatic carbocycles. The number of benzene rings is 1. The van der Waals surface area contributed by atoms with Gasteiger partial charge in [-0.2, -0.15) is 0 Å². The quantitative estimate of drug-likeness (QED) is 0.670. The zero-order chi connectivity index (χ0) is 13.1. The SMILES string of the molecule is CC(C)(C)C1c2cc(F)cc(F)c2OCC12CC2. The van der Waals surface area contributed by atoms with Crippen molar-refractivity contribution in [2.45, 2.75) is 39.5 Å². The molecule has 0 bridgehead atoms. The van der Waals surface area contributed by atoms with Crippen molar-refractivity contribution in [3.05, 3.63) is 29.3 Å². The van der Waals surface area contributed by atoms with Crippen molar-refractivity contribution in [2.75, 3.05) is 6.61 Å². The van der Waals surface area contributed by atoms with Crippen molar-refractivity contribution in [3.63, 3.8) is 0 Å². The van der Waals surface area contributed by atoms with Gasteiger partial charge in [0.1, 0.15) is 5.82 Å². The number of halogens is 2. The third-order valence-corrected chi connectivity index (χ3v) is 4.22. The molecule has 1 nitrogen and oxygen atoms in total. The Hall–Kier alpha value is -1.12. The molecule has 1 unspecified atom stereocenters. The number of hydrogen-bond acceptors (Lipinski definition) is 1. The Bertz CT molecular complexity index is 498. The van der Waals surface area contributed by atoms with Gasteiger partial charge in [0.05, 0.1) is 6.61 Å². The lowest BCUT2D eigenvalue weighted by atomic mass is 9.66. The number of fused-ring (bicyclic) bond motifs is 1. The Kier molecular flexibility index (Phi) is 2.30. The van der Waals surface area contributed by atoms with E-state index in [1.165, 1.54) is 6.07 Å². The van der Waals surface area contributed by atoms with E-state index in [1.54, 1.807) is 0 Å². The van der Waals surface area contributed by atoms with E-state index in [4.69, 9.17) is 4.74 Å². The van der Waals surface area contributed by atoms with Gasteiger partial charge < -0.3 is 4.74 Å². The summed E-state index contributed by atoms with van der Waals surface area (Å²) in [5.74, 6) is -0.663. The van der Waals surface area contributed by atoms with Crippen LogP contribution in [0.3, 0.4) is 0 Å². The van der Waals surface area contributed by atoms with Crippen LogP contribution in [0.15, 0.2) is 12.1 Å². The maximum atomic E-state index is 13.8. The molecule has 0 saturated heterocycles. The molecular formula is C15H18F2O. The number of rotatable bonds is 0. The largest absolute Gasteiger partial charge is 0.490 e. The van der Waals surface area contributed by atoms with E-state index < -0.39 is 11.6 Å². The van der Waals surface area contributed by atoms with Crippen LogP contribution in [0.5, 0.6) is 5.75 Å². The van der Waals surface area contributed by atoms with Gasteiger partial charge in [0.15, 0.2) is 11.6 Å².